The van der Waals surface area contributed by atoms with Crippen LogP contribution in [0.4, 0.5) is 0 Å². The summed E-state index contributed by atoms with van der Waals surface area (Å²) in [5.74, 6) is 0.787. The van der Waals surface area contributed by atoms with Crippen LogP contribution in [0.2, 0.25) is 0 Å². The van der Waals surface area contributed by atoms with E-state index in [-0.39, 0.29) is 6.10 Å². The number of ether oxygens (including phenoxy) is 1. The first-order valence-corrected chi connectivity index (χ1v) is 4.96. The minimum atomic E-state index is -0.482. The van der Waals surface area contributed by atoms with E-state index >= 15 is 0 Å². The molecule has 1 N–H and O–H groups in total. The van der Waals surface area contributed by atoms with Gasteiger partial charge in [0.25, 0.3) is 0 Å². The van der Waals surface area contributed by atoms with Gasteiger partial charge in [0.05, 0.1) is 12.2 Å². The first kappa shape index (κ1) is 11.1. The SMILES string of the molecule is Cc1cccc(OC(C)C)c1C(C)O. The topological polar surface area (TPSA) is 29.5 Å². The molecule has 0 aromatic heterocycles. The Morgan fingerprint density at radius 1 is 1.21 bits per heavy atom. The molecule has 0 bridgehead atoms. The normalized spacial score (nSPS) is 13.0. The minimum Gasteiger partial charge on any atom is -0.491 e. The second-order valence-electron chi connectivity index (χ2n) is 3.83. The molecule has 0 aliphatic heterocycles. The largest absolute Gasteiger partial charge is 0.491 e. The van der Waals surface area contributed by atoms with Crippen molar-refractivity contribution >= 4 is 0 Å². The van der Waals surface area contributed by atoms with Crippen molar-refractivity contribution in [3.63, 3.8) is 0 Å². The number of rotatable bonds is 3. The van der Waals surface area contributed by atoms with Crippen LogP contribution < -0.4 is 4.74 Å². The highest BCUT2D eigenvalue weighted by molar-refractivity contribution is 5.41. The lowest BCUT2D eigenvalue weighted by Gasteiger charge is -2.17. The first-order valence-electron chi connectivity index (χ1n) is 4.96. The highest BCUT2D eigenvalue weighted by Crippen LogP contribution is 2.28. The second kappa shape index (κ2) is 4.47. The van der Waals surface area contributed by atoms with Crippen LogP contribution in [0.5, 0.6) is 5.75 Å². The van der Waals surface area contributed by atoms with Gasteiger partial charge in [0.15, 0.2) is 0 Å². The van der Waals surface area contributed by atoms with Gasteiger partial charge in [0, 0.05) is 5.56 Å². The quantitative estimate of drug-likeness (QED) is 0.801. The summed E-state index contributed by atoms with van der Waals surface area (Å²) in [5, 5.41) is 9.62. The zero-order valence-electron chi connectivity index (χ0n) is 9.24. The molecule has 1 rings (SSSR count). The van der Waals surface area contributed by atoms with Gasteiger partial charge in [-0.1, -0.05) is 12.1 Å². The second-order valence-corrected chi connectivity index (χ2v) is 3.83. The Hall–Kier alpha value is -1.02. The zero-order valence-corrected chi connectivity index (χ0v) is 9.24. The van der Waals surface area contributed by atoms with Crippen molar-refractivity contribution in [2.24, 2.45) is 0 Å². The Morgan fingerprint density at radius 2 is 1.86 bits per heavy atom. The molecule has 0 saturated carbocycles. The van der Waals surface area contributed by atoms with E-state index in [0.717, 1.165) is 16.9 Å². The molecule has 0 amide bonds. The maximum atomic E-state index is 9.62. The number of hydrogen-bond acceptors (Lipinski definition) is 2. The molecule has 1 atom stereocenters. The van der Waals surface area contributed by atoms with E-state index in [4.69, 9.17) is 4.74 Å². The number of aliphatic hydroxyl groups is 1. The van der Waals surface area contributed by atoms with Crippen molar-refractivity contribution in [2.45, 2.75) is 39.9 Å². The molecule has 0 aliphatic carbocycles. The van der Waals surface area contributed by atoms with Crippen molar-refractivity contribution in [3.8, 4) is 5.75 Å². The van der Waals surface area contributed by atoms with Crippen LogP contribution in [0, 0.1) is 6.92 Å². The van der Waals surface area contributed by atoms with Gasteiger partial charge in [-0.2, -0.15) is 0 Å². The Labute approximate surface area is 85.5 Å². The first-order chi connectivity index (χ1) is 6.52. The maximum Gasteiger partial charge on any atom is 0.125 e. The lowest BCUT2D eigenvalue weighted by atomic mass is 10.0. The lowest BCUT2D eigenvalue weighted by Crippen LogP contribution is -2.09. The van der Waals surface area contributed by atoms with Crippen molar-refractivity contribution < 1.29 is 9.84 Å². The highest BCUT2D eigenvalue weighted by atomic mass is 16.5. The summed E-state index contributed by atoms with van der Waals surface area (Å²) in [6.07, 6.45) is -0.348. The van der Waals surface area contributed by atoms with E-state index in [9.17, 15) is 5.11 Å². The molecular weight excluding hydrogens is 176 g/mol. The Balaban J connectivity index is 3.08. The van der Waals surface area contributed by atoms with Crippen LogP contribution in [0.1, 0.15) is 38.0 Å². The fourth-order valence-corrected chi connectivity index (χ4v) is 1.55. The summed E-state index contributed by atoms with van der Waals surface area (Å²) in [7, 11) is 0. The van der Waals surface area contributed by atoms with Crippen LogP contribution in [-0.4, -0.2) is 11.2 Å². The highest BCUT2D eigenvalue weighted by Gasteiger charge is 2.12. The van der Waals surface area contributed by atoms with Gasteiger partial charge in [0.1, 0.15) is 5.75 Å². The van der Waals surface area contributed by atoms with Gasteiger partial charge < -0.3 is 9.84 Å². The summed E-state index contributed by atoms with van der Waals surface area (Å²) >= 11 is 0. The van der Waals surface area contributed by atoms with Gasteiger partial charge in [-0.3, -0.25) is 0 Å². The van der Waals surface area contributed by atoms with Crippen LogP contribution in [0.15, 0.2) is 18.2 Å². The predicted octanol–water partition coefficient (Wildman–Crippen LogP) is 2.84. The van der Waals surface area contributed by atoms with E-state index in [1.807, 2.05) is 39.0 Å². The summed E-state index contributed by atoms with van der Waals surface area (Å²) in [4.78, 5) is 0. The molecule has 14 heavy (non-hydrogen) atoms. The summed E-state index contributed by atoms with van der Waals surface area (Å²) in [5.41, 5.74) is 1.96. The van der Waals surface area contributed by atoms with E-state index in [1.54, 1.807) is 6.92 Å². The van der Waals surface area contributed by atoms with Crippen LogP contribution in [0.3, 0.4) is 0 Å². The average Bonchev–Trinajstić information content (AvgIpc) is 2.01. The molecule has 0 saturated heterocycles. The Kier molecular flexibility index (Phi) is 3.53. The molecule has 0 spiro atoms. The summed E-state index contributed by atoms with van der Waals surface area (Å²) in [6, 6.07) is 5.82. The summed E-state index contributed by atoms with van der Waals surface area (Å²) in [6.45, 7) is 7.70. The van der Waals surface area contributed by atoms with Gasteiger partial charge in [-0.25, -0.2) is 0 Å². The van der Waals surface area contributed by atoms with Crippen LogP contribution in [-0.2, 0) is 0 Å². The molecule has 78 valence electrons. The van der Waals surface area contributed by atoms with Crippen molar-refractivity contribution in [1.82, 2.24) is 0 Å². The lowest BCUT2D eigenvalue weighted by molar-refractivity contribution is 0.182. The predicted molar refractivity (Wildman–Crippen MR) is 57.6 cm³/mol. The molecule has 1 unspecified atom stereocenters. The van der Waals surface area contributed by atoms with Gasteiger partial charge in [-0.15, -0.1) is 0 Å². The third-order valence-electron chi connectivity index (χ3n) is 2.06. The third-order valence-corrected chi connectivity index (χ3v) is 2.06. The van der Waals surface area contributed by atoms with Crippen molar-refractivity contribution in [1.29, 1.82) is 0 Å². The third kappa shape index (κ3) is 2.48. The molecule has 1 aromatic rings. The van der Waals surface area contributed by atoms with Crippen LogP contribution in [0.25, 0.3) is 0 Å². The minimum absolute atomic E-state index is 0.134. The average molecular weight is 194 g/mol. The van der Waals surface area contributed by atoms with Gasteiger partial charge >= 0.3 is 0 Å². The fraction of sp³-hybridized carbons (Fsp3) is 0.500. The molecule has 0 heterocycles. The standard InChI is InChI=1S/C12H18O2/c1-8(2)14-11-7-5-6-9(3)12(11)10(4)13/h5-8,10,13H,1-4H3. The molecule has 0 aliphatic rings. The molecule has 1 aromatic carbocycles. The van der Waals surface area contributed by atoms with E-state index < -0.39 is 6.10 Å². The van der Waals surface area contributed by atoms with E-state index in [0.29, 0.717) is 0 Å². The zero-order chi connectivity index (χ0) is 10.7. The summed E-state index contributed by atoms with van der Waals surface area (Å²) < 4.78 is 5.63. The molecule has 0 radical (unpaired) electrons. The molecule has 2 nitrogen and oxygen atoms in total. The fourth-order valence-electron chi connectivity index (χ4n) is 1.55. The molecule has 0 fully saturated rings. The van der Waals surface area contributed by atoms with E-state index in [1.165, 1.54) is 0 Å². The molecule has 2 heteroatoms. The number of aryl methyl sites for hydroxylation is 1. The van der Waals surface area contributed by atoms with E-state index in [2.05, 4.69) is 0 Å². The smallest absolute Gasteiger partial charge is 0.125 e. The number of aliphatic hydroxyl groups excluding tert-OH is 1. The van der Waals surface area contributed by atoms with Gasteiger partial charge in [-0.05, 0) is 39.3 Å². The Bertz CT molecular complexity index is 303. The monoisotopic (exact) mass is 194 g/mol. The van der Waals surface area contributed by atoms with Gasteiger partial charge in [0.2, 0.25) is 0 Å². The van der Waals surface area contributed by atoms with Crippen molar-refractivity contribution in [3.05, 3.63) is 29.3 Å². The Morgan fingerprint density at radius 3 is 2.36 bits per heavy atom. The van der Waals surface area contributed by atoms with Crippen molar-refractivity contribution in [2.75, 3.05) is 0 Å². The number of hydrogen-bond donors (Lipinski definition) is 1. The number of benzene rings is 1. The molecular formula is C12H18O2. The van der Waals surface area contributed by atoms with Crippen LogP contribution >= 0.6 is 0 Å². The maximum absolute atomic E-state index is 9.62.